The number of nitrogens with zero attached hydrogens (tertiary/aromatic N) is 1. The number of rotatable bonds is 7. The van der Waals surface area contributed by atoms with Crippen LogP contribution in [0, 0.1) is 0 Å². The van der Waals surface area contributed by atoms with Crippen LogP contribution in [0.2, 0.25) is 0 Å². The standard InChI is InChI=1S/C21H25NO4/c1-15-14-22(20-13-17(16(2)23)5-10-21(20)26-15)11-4-12-25-19-8-6-18(24-3)7-9-19/h5-10,13,15H,4,11-12,14H2,1-3H3. The Bertz CT molecular complexity index is 757. The molecule has 0 saturated heterocycles. The molecule has 1 aliphatic rings. The second kappa shape index (κ2) is 8.13. The van der Waals surface area contributed by atoms with Crippen LogP contribution in [0.1, 0.15) is 30.6 Å². The van der Waals surface area contributed by atoms with Crippen LogP contribution < -0.4 is 19.1 Å². The van der Waals surface area contributed by atoms with Gasteiger partial charge in [-0.25, -0.2) is 0 Å². The van der Waals surface area contributed by atoms with E-state index in [-0.39, 0.29) is 11.9 Å². The Hall–Kier alpha value is -2.69. The van der Waals surface area contributed by atoms with Gasteiger partial charge in [0.2, 0.25) is 0 Å². The number of Topliss-reactive ketones (excluding diaryl/α,β-unsaturated/α-hetero) is 1. The SMILES string of the molecule is COc1ccc(OCCCN2CC(C)Oc3ccc(C(C)=O)cc32)cc1. The zero-order valence-electron chi connectivity index (χ0n) is 15.5. The maximum absolute atomic E-state index is 11.7. The molecule has 2 aromatic rings. The summed E-state index contributed by atoms with van der Waals surface area (Å²) in [5.41, 5.74) is 1.70. The first-order chi connectivity index (χ1) is 12.6. The Labute approximate surface area is 154 Å². The smallest absolute Gasteiger partial charge is 0.159 e. The molecule has 0 radical (unpaired) electrons. The average Bonchev–Trinajstić information content (AvgIpc) is 2.65. The van der Waals surface area contributed by atoms with Gasteiger partial charge in [0.15, 0.2) is 5.78 Å². The van der Waals surface area contributed by atoms with Gasteiger partial charge in [-0.2, -0.15) is 0 Å². The highest BCUT2D eigenvalue weighted by Crippen LogP contribution is 2.34. The maximum Gasteiger partial charge on any atom is 0.159 e. The van der Waals surface area contributed by atoms with Crippen molar-refractivity contribution in [1.82, 2.24) is 0 Å². The quantitative estimate of drug-likeness (QED) is 0.556. The lowest BCUT2D eigenvalue weighted by Crippen LogP contribution is -2.39. The molecule has 0 fully saturated rings. The number of carbonyl (C=O) groups is 1. The lowest BCUT2D eigenvalue weighted by atomic mass is 10.1. The molecular formula is C21H25NO4. The van der Waals surface area contributed by atoms with Crippen molar-refractivity contribution in [2.75, 3.05) is 31.7 Å². The van der Waals surface area contributed by atoms with E-state index in [0.29, 0.717) is 12.2 Å². The van der Waals surface area contributed by atoms with E-state index in [1.165, 1.54) is 0 Å². The van der Waals surface area contributed by atoms with Crippen molar-refractivity contribution in [2.24, 2.45) is 0 Å². The van der Waals surface area contributed by atoms with Gasteiger partial charge in [0.1, 0.15) is 23.4 Å². The highest BCUT2D eigenvalue weighted by Gasteiger charge is 2.23. The minimum atomic E-state index is 0.0641. The molecule has 0 aromatic heterocycles. The summed E-state index contributed by atoms with van der Waals surface area (Å²) in [5.74, 6) is 2.55. The zero-order chi connectivity index (χ0) is 18.5. The molecule has 1 heterocycles. The third-order valence-corrected chi connectivity index (χ3v) is 4.41. The second-order valence-corrected chi connectivity index (χ2v) is 6.49. The molecule has 138 valence electrons. The minimum Gasteiger partial charge on any atom is -0.497 e. The molecule has 0 spiro atoms. The van der Waals surface area contributed by atoms with E-state index in [0.717, 1.165) is 42.4 Å². The first-order valence-electron chi connectivity index (χ1n) is 8.90. The van der Waals surface area contributed by atoms with Crippen LogP contribution in [0.5, 0.6) is 17.2 Å². The van der Waals surface area contributed by atoms with Gasteiger partial charge in [-0.15, -0.1) is 0 Å². The fraction of sp³-hybridized carbons (Fsp3) is 0.381. The Morgan fingerprint density at radius 1 is 1.19 bits per heavy atom. The van der Waals surface area contributed by atoms with Crippen LogP contribution >= 0.6 is 0 Å². The molecule has 0 saturated carbocycles. The number of hydrogen-bond donors (Lipinski definition) is 0. The van der Waals surface area contributed by atoms with Crippen LogP contribution in [0.15, 0.2) is 42.5 Å². The number of fused-ring (bicyclic) bond motifs is 1. The predicted molar refractivity (Wildman–Crippen MR) is 102 cm³/mol. The third kappa shape index (κ3) is 4.28. The number of methoxy groups -OCH3 is 1. The summed E-state index contributed by atoms with van der Waals surface area (Å²) in [6, 6.07) is 13.2. The summed E-state index contributed by atoms with van der Waals surface area (Å²) in [6.45, 7) is 5.92. The number of hydrogen-bond acceptors (Lipinski definition) is 5. The number of ketones is 1. The Kier molecular flexibility index (Phi) is 5.66. The van der Waals surface area contributed by atoms with Gasteiger partial charge in [0.25, 0.3) is 0 Å². The molecular weight excluding hydrogens is 330 g/mol. The van der Waals surface area contributed by atoms with Crippen molar-refractivity contribution < 1.29 is 19.0 Å². The van der Waals surface area contributed by atoms with Crippen molar-refractivity contribution in [1.29, 1.82) is 0 Å². The first-order valence-corrected chi connectivity index (χ1v) is 8.90. The van der Waals surface area contributed by atoms with Gasteiger partial charge in [-0.3, -0.25) is 4.79 Å². The summed E-state index contributed by atoms with van der Waals surface area (Å²) in [7, 11) is 1.65. The summed E-state index contributed by atoms with van der Waals surface area (Å²) in [5, 5.41) is 0. The molecule has 1 atom stereocenters. The summed E-state index contributed by atoms with van der Waals surface area (Å²) >= 11 is 0. The van der Waals surface area contributed by atoms with Gasteiger partial charge < -0.3 is 19.1 Å². The number of carbonyl (C=O) groups excluding carboxylic acids is 1. The first kappa shape index (κ1) is 18.1. The van der Waals surface area contributed by atoms with Crippen molar-refractivity contribution in [3.05, 3.63) is 48.0 Å². The molecule has 2 aromatic carbocycles. The molecule has 5 heteroatoms. The molecule has 0 bridgehead atoms. The summed E-state index contributed by atoms with van der Waals surface area (Å²) in [4.78, 5) is 13.9. The highest BCUT2D eigenvalue weighted by atomic mass is 16.5. The van der Waals surface area contributed by atoms with E-state index in [9.17, 15) is 4.79 Å². The molecule has 0 N–H and O–H groups in total. The zero-order valence-corrected chi connectivity index (χ0v) is 15.5. The predicted octanol–water partition coefficient (Wildman–Crippen LogP) is 3.95. The number of ether oxygens (including phenoxy) is 3. The Morgan fingerprint density at radius 2 is 1.92 bits per heavy atom. The van der Waals surface area contributed by atoms with Gasteiger partial charge >= 0.3 is 0 Å². The Morgan fingerprint density at radius 3 is 2.62 bits per heavy atom. The second-order valence-electron chi connectivity index (χ2n) is 6.49. The Balaban J connectivity index is 1.59. The molecule has 5 nitrogen and oxygen atoms in total. The summed E-state index contributed by atoms with van der Waals surface area (Å²) < 4.78 is 16.8. The molecule has 3 rings (SSSR count). The topological polar surface area (TPSA) is 48.0 Å². The van der Waals surface area contributed by atoms with Gasteiger partial charge in [0.05, 0.1) is 25.9 Å². The number of anilines is 1. The van der Waals surface area contributed by atoms with Crippen molar-refractivity contribution in [3.63, 3.8) is 0 Å². The fourth-order valence-corrected chi connectivity index (χ4v) is 3.07. The van der Waals surface area contributed by atoms with E-state index < -0.39 is 0 Å². The molecule has 1 aliphatic heterocycles. The van der Waals surface area contributed by atoms with E-state index in [1.54, 1.807) is 14.0 Å². The van der Waals surface area contributed by atoms with Crippen LogP contribution in [0.25, 0.3) is 0 Å². The normalized spacial score (nSPS) is 15.8. The van der Waals surface area contributed by atoms with Crippen LogP contribution in [0.4, 0.5) is 5.69 Å². The summed E-state index contributed by atoms with van der Waals surface area (Å²) in [6.07, 6.45) is 0.996. The van der Waals surface area contributed by atoms with E-state index >= 15 is 0 Å². The minimum absolute atomic E-state index is 0.0641. The van der Waals surface area contributed by atoms with Gasteiger partial charge in [-0.1, -0.05) is 0 Å². The van der Waals surface area contributed by atoms with Crippen molar-refractivity contribution >= 4 is 11.5 Å². The molecule has 1 unspecified atom stereocenters. The van der Waals surface area contributed by atoms with Crippen molar-refractivity contribution in [3.8, 4) is 17.2 Å². The van der Waals surface area contributed by atoms with Crippen LogP contribution in [-0.4, -0.2) is 38.7 Å². The van der Waals surface area contributed by atoms with Crippen LogP contribution in [0.3, 0.4) is 0 Å². The number of benzene rings is 2. The maximum atomic E-state index is 11.7. The lowest BCUT2D eigenvalue weighted by molar-refractivity contribution is 0.101. The molecule has 0 amide bonds. The monoisotopic (exact) mass is 355 g/mol. The van der Waals surface area contributed by atoms with Crippen LogP contribution in [-0.2, 0) is 0 Å². The van der Waals surface area contributed by atoms with Gasteiger partial charge in [-0.05, 0) is 62.7 Å². The van der Waals surface area contributed by atoms with E-state index in [1.807, 2.05) is 42.5 Å². The van der Waals surface area contributed by atoms with Gasteiger partial charge in [0, 0.05) is 12.1 Å². The van der Waals surface area contributed by atoms with Crippen molar-refractivity contribution in [2.45, 2.75) is 26.4 Å². The fourth-order valence-electron chi connectivity index (χ4n) is 3.07. The largest absolute Gasteiger partial charge is 0.497 e. The lowest BCUT2D eigenvalue weighted by Gasteiger charge is -2.35. The average molecular weight is 355 g/mol. The highest BCUT2D eigenvalue weighted by molar-refractivity contribution is 5.95. The third-order valence-electron chi connectivity index (χ3n) is 4.41. The molecule has 0 aliphatic carbocycles. The van der Waals surface area contributed by atoms with E-state index in [4.69, 9.17) is 14.2 Å². The van der Waals surface area contributed by atoms with E-state index in [2.05, 4.69) is 11.8 Å². The molecule has 26 heavy (non-hydrogen) atoms.